The Bertz CT molecular complexity index is 1270. The van der Waals surface area contributed by atoms with Crippen LogP contribution in [0.4, 0.5) is 0 Å². The number of carbonyl (C=O) groups is 1. The van der Waals surface area contributed by atoms with Crippen molar-refractivity contribution in [2.75, 3.05) is 0 Å². The first-order chi connectivity index (χ1) is 18.7. The monoisotopic (exact) mass is 526 g/mol. The molecule has 0 radical (unpaired) electrons. The fourth-order valence-electron chi connectivity index (χ4n) is 5.71. The zero-order chi connectivity index (χ0) is 26.2. The largest absolute Gasteiger partial charge is 0.461 e. The molecular formula is C33H35O4P. The Morgan fingerprint density at radius 2 is 1.37 bits per heavy atom. The molecule has 5 rings (SSSR count). The van der Waals surface area contributed by atoms with Gasteiger partial charge in [0.15, 0.2) is 12.9 Å². The molecule has 1 aliphatic carbocycles. The number of benzene rings is 3. The van der Waals surface area contributed by atoms with Gasteiger partial charge in [0, 0.05) is 10.6 Å². The van der Waals surface area contributed by atoms with Crippen molar-refractivity contribution < 1.29 is 18.5 Å². The zero-order valence-corrected chi connectivity index (χ0v) is 22.5. The molecule has 1 aliphatic rings. The predicted octanol–water partition coefficient (Wildman–Crippen LogP) is 7.40. The standard InChI is InChI=1S/C33H35O4P/c34-33(30-22-13-23-36-30)32(38(35,28-18-9-3-10-19-28)29-20-11-4-12-21-29)24-31(27-16-7-2-8-17-27)37-25-26-14-5-1-6-15-26/h1,3-6,9-15,18-23,27,31-32H,2,7-8,16-17,24-25H2/t31-,32-/m0/s1. The Labute approximate surface area is 225 Å². The summed E-state index contributed by atoms with van der Waals surface area (Å²) >= 11 is 0. The van der Waals surface area contributed by atoms with Crippen LogP contribution in [0.25, 0.3) is 0 Å². The lowest BCUT2D eigenvalue weighted by Gasteiger charge is -2.35. The molecule has 0 saturated heterocycles. The van der Waals surface area contributed by atoms with Gasteiger partial charge in [-0.15, -0.1) is 0 Å². The van der Waals surface area contributed by atoms with Crippen molar-refractivity contribution in [1.29, 1.82) is 0 Å². The summed E-state index contributed by atoms with van der Waals surface area (Å²) in [6, 6.07) is 32.5. The van der Waals surface area contributed by atoms with Crippen molar-refractivity contribution in [3.8, 4) is 0 Å². The number of furan rings is 1. The molecule has 38 heavy (non-hydrogen) atoms. The molecule has 3 aromatic carbocycles. The Hall–Kier alpha value is -3.20. The summed E-state index contributed by atoms with van der Waals surface area (Å²) in [6.45, 7) is 0.463. The van der Waals surface area contributed by atoms with E-state index in [4.69, 9.17) is 9.15 Å². The molecule has 4 aromatic rings. The summed E-state index contributed by atoms with van der Waals surface area (Å²) in [6.07, 6.45) is 7.33. The van der Waals surface area contributed by atoms with Gasteiger partial charge in [-0.25, -0.2) is 0 Å². The van der Waals surface area contributed by atoms with Crippen LogP contribution in [0.5, 0.6) is 0 Å². The Morgan fingerprint density at radius 1 is 0.789 bits per heavy atom. The van der Waals surface area contributed by atoms with E-state index in [2.05, 4.69) is 12.1 Å². The lowest BCUT2D eigenvalue weighted by molar-refractivity contribution is -0.0151. The molecule has 2 atom stereocenters. The predicted molar refractivity (Wildman–Crippen MR) is 153 cm³/mol. The van der Waals surface area contributed by atoms with Gasteiger partial charge in [-0.3, -0.25) is 4.79 Å². The van der Waals surface area contributed by atoms with Crippen molar-refractivity contribution in [2.45, 2.75) is 56.9 Å². The van der Waals surface area contributed by atoms with Gasteiger partial charge in [0.25, 0.3) is 0 Å². The second-order valence-corrected chi connectivity index (χ2v) is 13.1. The van der Waals surface area contributed by atoms with E-state index in [9.17, 15) is 4.79 Å². The van der Waals surface area contributed by atoms with Crippen molar-refractivity contribution in [3.05, 3.63) is 121 Å². The third kappa shape index (κ3) is 5.93. The Balaban J connectivity index is 1.57. The molecule has 1 aromatic heterocycles. The van der Waals surface area contributed by atoms with Crippen LogP contribution < -0.4 is 10.6 Å². The number of Topliss-reactive ketones (excluding diaryl/α,β-unsaturated/α-hetero) is 1. The molecule has 1 heterocycles. The number of hydrogen-bond acceptors (Lipinski definition) is 4. The molecule has 0 N–H and O–H groups in total. The van der Waals surface area contributed by atoms with Crippen LogP contribution >= 0.6 is 7.14 Å². The minimum atomic E-state index is -3.42. The number of rotatable bonds is 11. The molecule has 0 unspecified atom stereocenters. The summed E-state index contributed by atoms with van der Waals surface area (Å²) in [7, 11) is -3.42. The Kier molecular flexibility index (Phi) is 8.73. The van der Waals surface area contributed by atoms with Crippen molar-refractivity contribution >= 4 is 23.5 Å². The lowest BCUT2D eigenvalue weighted by Crippen LogP contribution is -2.38. The van der Waals surface area contributed by atoms with E-state index < -0.39 is 12.8 Å². The van der Waals surface area contributed by atoms with Crippen molar-refractivity contribution in [1.82, 2.24) is 0 Å². The van der Waals surface area contributed by atoms with E-state index in [-0.39, 0.29) is 17.6 Å². The summed E-state index contributed by atoms with van der Waals surface area (Å²) < 4.78 is 27.6. The fourth-order valence-corrected chi connectivity index (χ4v) is 8.92. The number of ketones is 1. The number of carbonyl (C=O) groups excluding carboxylic acids is 1. The fraction of sp³-hybridized carbons (Fsp3) is 0.303. The van der Waals surface area contributed by atoms with Gasteiger partial charge >= 0.3 is 0 Å². The molecule has 1 fully saturated rings. The number of hydrogen-bond donors (Lipinski definition) is 0. The molecular weight excluding hydrogens is 491 g/mol. The molecule has 196 valence electrons. The van der Waals surface area contributed by atoms with Gasteiger partial charge in [-0.1, -0.05) is 110 Å². The topological polar surface area (TPSA) is 56.5 Å². The zero-order valence-electron chi connectivity index (χ0n) is 21.7. The minimum Gasteiger partial charge on any atom is -0.461 e. The van der Waals surface area contributed by atoms with Gasteiger partial charge < -0.3 is 13.7 Å². The maximum Gasteiger partial charge on any atom is 0.209 e. The van der Waals surface area contributed by atoms with Crippen LogP contribution in [0.3, 0.4) is 0 Å². The van der Waals surface area contributed by atoms with Crippen LogP contribution in [0.1, 0.15) is 54.6 Å². The average molecular weight is 527 g/mol. The van der Waals surface area contributed by atoms with Crippen LogP contribution in [-0.2, 0) is 15.9 Å². The molecule has 5 heteroatoms. The third-order valence-electron chi connectivity index (χ3n) is 7.72. The van der Waals surface area contributed by atoms with E-state index in [1.165, 1.54) is 12.7 Å². The van der Waals surface area contributed by atoms with E-state index in [1.54, 1.807) is 12.1 Å². The molecule has 1 saturated carbocycles. The van der Waals surface area contributed by atoms with Gasteiger partial charge in [0.2, 0.25) is 5.78 Å². The van der Waals surface area contributed by atoms with Gasteiger partial charge in [-0.2, -0.15) is 0 Å². The van der Waals surface area contributed by atoms with Gasteiger partial charge in [-0.05, 0) is 42.9 Å². The second-order valence-electron chi connectivity index (χ2n) is 10.2. The molecule has 0 amide bonds. The van der Waals surface area contributed by atoms with Gasteiger partial charge in [0.05, 0.1) is 24.6 Å². The average Bonchev–Trinajstić information content (AvgIpc) is 3.54. The molecule has 0 spiro atoms. The quantitative estimate of drug-likeness (QED) is 0.151. The van der Waals surface area contributed by atoms with Crippen LogP contribution in [0.15, 0.2) is 114 Å². The van der Waals surface area contributed by atoms with Crippen molar-refractivity contribution in [2.24, 2.45) is 5.92 Å². The minimum absolute atomic E-state index is 0.194. The number of ether oxygens (including phenoxy) is 1. The maximum absolute atomic E-state index is 15.4. The van der Waals surface area contributed by atoms with E-state index in [0.717, 1.165) is 31.2 Å². The van der Waals surface area contributed by atoms with Crippen LogP contribution in [0.2, 0.25) is 0 Å². The SMILES string of the molecule is O=C(c1ccco1)[C@H](C[C@H](OCc1ccccc1)C1CCCCC1)P(=O)(c1ccccc1)c1ccccc1. The molecule has 0 aliphatic heterocycles. The normalized spacial score (nSPS) is 16.1. The molecule has 0 bridgehead atoms. The van der Waals surface area contributed by atoms with E-state index in [1.807, 2.05) is 78.9 Å². The van der Waals surface area contributed by atoms with E-state index in [0.29, 0.717) is 29.6 Å². The summed E-state index contributed by atoms with van der Waals surface area (Å²) in [5.41, 5.74) is 0.290. The van der Waals surface area contributed by atoms with Crippen LogP contribution in [-0.4, -0.2) is 17.5 Å². The smallest absolute Gasteiger partial charge is 0.209 e. The summed E-state index contributed by atoms with van der Waals surface area (Å²) in [4.78, 5) is 14.2. The van der Waals surface area contributed by atoms with Crippen molar-refractivity contribution in [3.63, 3.8) is 0 Å². The Morgan fingerprint density at radius 3 is 1.92 bits per heavy atom. The highest BCUT2D eigenvalue weighted by Gasteiger charge is 2.45. The highest BCUT2D eigenvalue weighted by atomic mass is 31.2. The maximum atomic E-state index is 15.4. The lowest BCUT2D eigenvalue weighted by atomic mass is 9.83. The first-order valence-corrected chi connectivity index (χ1v) is 15.4. The summed E-state index contributed by atoms with van der Waals surface area (Å²) in [5, 5.41) is 1.36. The second kappa shape index (κ2) is 12.6. The van der Waals surface area contributed by atoms with Crippen LogP contribution in [0, 0.1) is 5.92 Å². The molecule has 4 nitrogen and oxygen atoms in total. The highest BCUT2D eigenvalue weighted by Crippen LogP contribution is 2.52. The van der Waals surface area contributed by atoms with Gasteiger partial charge in [0.1, 0.15) is 0 Å². The third-order valence-corrected chi connectivity index (χ3v) is 11.2. The highest BCUT2D eigenvalue weighted by molar-refractivity contribution is 7.80. The summed E-state index contributed by atoms with van der Waals surface area (Å²) in [5.74, 6) is 0.335. The first-order valence-electron chi connectivity index (χ1n) is 13.6. The first kappa shape index (κ1) is 26.4. The van der Waals surface area contributed by atoms with E-state index >= 15 is 4.57 Å².